The minimum atomic E-state index is -0.252. The van der Waals surface area contributed by atoms with Crippen LogP contribution in [0.25, 0.3) is 0 Å². The van der Waals surface area contributed by atoms with E-state index < -0.39 is 0 Å². The fourth-order valence-electron chi connectivity index (χ4n) is 2.28. The Morgan fingerprint density at radius 3 is 2.56 bits per heavy atom. The van der Waals surface area contributed by atoms with Gasteiger partial charge >= 0.3 is 0 Å². The first-order valence-corrected chi connectivity index (χ1v) is 9.45. The topological polar surface area (TPSA) is 81.9 Å². The Balaban J connectivity index is 1.64. The van der Waals surface area contributed by atoms with Gasteiger partial charge in [0.05, 0.1) is 17.0 Å². The molecule has 0 saturated carbocycles. The summed E-state index contributed by atoms with van der Waals surface area (Å²) in [5.74, 6) is 1.32. The quantitative estimate of drug-likeness (QED) is 0.649. The molecule has 27 heavy (non-hydrogen) atoms. The molecule has 0 saturated heterocycles. The van der Waals surface area contributed by atoms with Gasteiger partial charge in [-0.15, -0.1) is 5.10 Å². The highest BCUT2D eigenvalue weighted by Crippen LogP contribution is 2.29. The van der Waals surface area contributed by atoms with E-state index in [9.17, 15) is 4.79 Å². The Labute approximate surface area is 162 Å². The van der Waals surface area contributed by atoms with Gasteiger partial charge in [-0.1, -0.05) is 42.1 Å². The number of benzene rings is 2. The molecule has 7 nitrogen and oxygen atoms in total. The zero-order chi connectivity index (χ0) is 19.3. The van der Waals surface area contributed by atoms with Crippen molar-refractivity contribution in [2.24, 2.45) is 0 Å². The summed E-state index contributed by atoms with van der Waals surface area (Å²) in [5, 5.41) is 15.2. The molecule has 0 bridgehead atoms. The van der Waals surface area contributed by atoms with Gasteiger partial charge in [0.2, 0.25) is 11.1 Å². The molecule has 0 radical (unpaired) electrons. The Bertz CT molecular complexity index is 906. The number of anilines is 1. The molecule has 1 heterocycles. The molecule has 0 aliphatic carbocycles. The molecule has 0 aliphatic rings. The number of carbonyl (C=O) groups excluding carboxylic acids is 1. The van der Waals surface area contributed by atoms with E-state index >= 15 is 0 Å². The van der Waals surface area contributed by atoms with E-state index in [1.165, 1.54) is 11.8 Å². The molecule has 0 spiro atoms. The van der Waals surface area contributed by atoms with Crippen LogP contribution in [0.15, 0.2) is 59.8 Å². The van der Waals surface area contributed by atoms with Gasteiger partial charge in [-0.25, -0.2) is 4.68 Å². The first kappa shape index (κ1) is 18.9. The minimum absolute atomic E-state index is 0.160. The summed E-state index contributed by atoms with van der Waals surface area (Å²) in [7, 11) is 0. The number of hydrogen-bond donors (Lipinski definition) is 1. The lowest BCUT2D eigenvalue weighted by Crippen LogP contribution is -2.24. The zero-order valence-electron chi connectivity index (χ0n) is 15.4. The van der Waals surface area contributed by atoms with Crippen molar-refractivity contribution in [3.05, 3.63) is 54.6 Å². The smallest absolute Gasteiger partial charge is 0.234 e. The van der Waals surface area contributed by atoms with Crippen molar-refractivity contribution in [2.75, 3.05) is 11.1 Å². The number of aromatic nitrogens is 4. The van der Waals surface area contributed by atoms with Gasteiger partial charge in [-0.2, -0.15) is 0 Å². The van der Waals surface area contributed by atoms with E-state index in [2.05, 4.69) is 20.8 Å². The largest absolute Gasteiger partial charge is 0.455 e. The summed E-state index contributed by atoms with van der Waals surface area (Å²) in [5.41, 5.74) is 0.362. The normalized spacial score (nSPS) is 11.2. The van der Waals surface area contributed by atoms with E-state index in [0.717, 1.165) is 0 Å². The molecule has 8 heteroatoms. The molecule has 1 N–H and O–H groups in total. The highest BCUT2D eigenvalue weighted by Gasteiger charge is 2.20. The summed E-state index contributed by atoms with van der Waals surface area (Å²) in [6.45, 7) is 6.01. The van der Waals surface area contributed by atoms with Gasteiger partial charge < -0.3 is 10.1 Å². The van der Waals surface area contributed by atoms with E-state index in [-0.39, 0.29) is 17.2 Å². The number of nitrogens with zero attached hydrogens (tertiary/aromatic N) is 4. The third kappa shape index (κ3) is 5.07. The zero-order valence-corrected chi connectivity index (χ0v) is 16.2. The standard InChI is InChI=1S/C19H21N5O2S/c1-19(2,3)24-18(21-22-23-24)27-13-17(25)20-15-11-7-8-12-16(15)26-14-9-5-4-6-10-14/h4-12H,13H2,1-3H3,(H,20,25). The molecular formula is C19H21N5O2S. The van der Waals surface area contributed by atoms with Gasteiger partial charge in [-0.05, 0) is 55.5 Å². The highest BCUT2D eigenvalue weighted by molar-refractivity contribution is 7.99. The Kier molecular flexibility index (Phi) is 5.75. The van der Waals surface area contributed by atoms with Gasteiger partial charge in [0, 0.05) is 0 Å². The Morgan fingerprint density at radius 1 is 1.11 bits per heavy atom. The lowest BCUT2D eigenvalue weighted by atomic mass is 10.1. The van der Waals surface area contributed by atoms with Crippen LogP contribution in [0.5, 0.6) is 11.5 Å². The SMILES string of the molecule is CC(C)(C)n1nnnc1SCC(=O)Nc1ccccc1Oc1ccccc1. The van der Waals surface area contributed by atoms with E-state index in [4.69, 9.17) is 4.74 Å². The summed E-state index contributed by atoms with van der Waals surface area (Å²) in [4.78, 5) is 12.4. The highest BCUT2D eigenvalue weighted by atomic mass is 32.2. The van der Waals surface area contributed by atoms with Crippen molar-refractivity contribution in [3.8, 4) is 11.5 Å². The third-order valence-electron chi connectivity index (χ3n) is 3.54. The number of ether oxygens (including phenoxy) is 1. The van der Waals surface area contributed by atoms with Crippen molar-refractivity contribution in [1.29, 1.82) is 0 Å². The first-order chi connectivity index (χ1) is 12.9. The molecule has 0 atom stereocenters. The van der Waals surface area contributed by atoms with Crippen LogP contribution in [0.3, 0.4) is 0 Å². The maximum atomic E-state index is 12.4. The monoisotopic (exact) mass is 383 g/mol. The second-order valence-corrected chi connectivity index (χ2v) is 7.73. The lowest BCUT2D eigenvalue weighted by molar-refractivity contribution is -0.113. The van der Waals surface area contributed by atoms with Crippen LogP contribution in [-0.2, 0) is 10.3 Å². The lowest BCUT2D eigenvalue weighted by Gasteiger charge is -2.19. The molecule has 3 aromatic rings. The van der Waals surface area contributed by atoms with E-state index in [1.54, 1.807) is 10.7 Å². The fraction of sp³-hybridized carbons (Fsp3) is 0.263. The second kappa shape index (κ2) is 8.22. The van der Waals surface area contributed by atoms with Crippen LogP contribution in [0.1, 0.15) is 20.8 Å². The molecule has 0 fully saturated rings. The van der Waals surface area contributed by atoms with Crippen LogP contribution < -0.4 is 10.1 Å². The Hall–Kier alpha value is -2.87. The molecule has 0 unspecified atom stereocenters. The van der Waals surface area contributed by atoms with E-state index in [1.807, 2.05) is 69.3 Å². The maximum absolute atomic E-state index is 12.4. The first-order valence-electron chi connectivity index (χ1n) is 8.47. The predicted octanol–water partition coefficient (Wildman–Crippen LogP) is 3.95. The minimum Gasteiger partial charge on any atom is -0.455 e. The number of amides is 1. The van der Waals surface area contributed by atoms with Gasteiger partial charge in [-0.3, -0.25) is 4.79 Å². The predicted molar refractivity (Wildman–Crippen MR) is 105 cm³/mol. The average molecular weight is 383 g/mol. The van der Waals surface area contributed by atoms with Crippen LogP contribution in [0.4, 0.5) is 5.69 Å². The molecule has 0 aliphatic heterocycles. The third-order valence-corrected chi connectivity index (χ3v) is 4.46. The molecule has 1 aromatic heterocycles. The van der Waals surface area contributed by atoms with Gasteiger partial charge in [0.1, 0.15) is 5.75 Å². The van der Waals surface area contributed by atoms with Crippen molar-refractivity contribution in [1.82, 2.24) is 20.2 Å². The number of hydrogen-bond acceptors (Lipinski definition) is 6. The number of tetrazole rings is 1. The van der Waals surface area contributed by atoms with Crippen molar-refractivity contribution in [3.63, 3.8) is 0 Å². The molecule has 3 rings (SSSR count). The molecular weight excluding hydrogens is 362 g/mol. The summed E-state index contributed by atoms with van der Waals surface area (Å²) in [6, 6.07) is 16.8. The van der Waals surface area contributed by atoms with Crippen LogP contribution in [-0.4, -0.2) is 31.9 Å². The maximum Gasteiger partial charge on any atom is 0.234 e. The van der Waals surface area contributed by atoms with Crippen molar-refractivity contribution < 1.29 is 9.53 Å². The van der Waals surface area contributed by atoms with Crippen LogP contribution in [0, 0.1) is 0 Å². The fourth-order valence-corrected chi connectivity index (χ4v) is 3.14. The molecule has 1 amide bonds. The van der Waals surface area contributed by atoms with Crippen molar-refractivity contribution >= 4 is 23.4 Å². The van der Waals surface area contributed by atoms with Gasteiger partial charge in [0.15, 0.2) is 5.75 Å². The van der Waals surface area contributed by atoms with Crippen molar-refractivity contribution in [2.45, 2.75) is 31.5 Å². The van der Waals surface area contributed by atoms with Crippen LogP contribution in [0.2, 0.25) is 0 Å². The summed E-state index contributed by atoms with van der Waals surface area (Å²) < 4.78 is 7.57. The summed E-state index contributed by atoms with van der Waals surface area (Å²) in [6.07, 6.45) is 0. The Morgan fingerprint density at radius 2 is 1.81 bits per heavy atom. The van der Waals surface area contributed by atoms with Crippen LogP contribution >= 0.6 is 11.8 Å². The number of para-hydroxylation sites is 3. The number of rotatable bonds is 6. The van der Waals surface area contributed by atoms with Gasteiger partial charge in [0.25, 0.3) is 0 Å². The summed E-state index contributed by atoms with van der Waals surface area (Å²) >= 11 is 1.29. The number of nitrogens with one attached hydrogen (secondary N) is 1. The van der Waals surface area contributed by atoms with E-state index in [0.29, 0.717) is 22.3 Å². The molecule has 2 aromatic carbocycles. The molecule has 140 valence electrons. The second-order valence-electron chi connectivity index (χ2n) is 6.79. The number of thioether (sulfide) groups is 1. The number of carbonyl (C=O) groups is 1. The average Bonchev–Trinajstić information content (AvgIpc) is 3.12.